The standard InChI is InChI=1S/C15H19N3O4S2/c1-21-13(12-7-8-22-9-12)10-24(19,20)18-15-16-14(23-17-15)11-5-3-2-4-6-11/h2-6,12-13H,7-10H2,1H3,(H,17,18). The predicted molar refractivity (Wildman–Crippen MR) is 92.5 cm³/mol. The molecule has 1 aromatic heterocycles. The second-order valence-corrected chi connectivity index (χ2v) is 8.09. The monoisotopic (exact) mass is 369 g/mol. The van der Waals surface area contributed by atoms with Gasteiger partial charge in [0.1, 0.15) is 5.01 Å². The molecular formula is C15H19N3O4S2. The van der Waals surface area contributed by atoms with Gasteiger partial charge in [-0.2, -0.15) is 9.36 Å². The van der Waals surface area contributed by atoms with Crippen molar-refractivity contribution in [2.24, 2.45) is 5.92 Å². The lowest BCUT2D eigenvalue weighted by molar-refractivity contribution is 0.0612. The highest BCUT2D eigenvalue weighted by Crippen LogP contribution is 2.24. The van der Waals surface area contributed by atoms with Gasteiger partial charge in [-0.15, -0.1) is 0 Å². The van der Waals surface area contributed by atoms with Gasteiger partial charge < -0.3 is 9.47 Å². The lowest BCUT2D eigenvalue weighted by atomic mass is 10.0. The number of hydrogen-bond donors (Lipinski definition) is 1. The summed E-state index contributed by atoms with van der Waals surface area (Å²) in [6, 6.07) is 9.51. The van der Waals surface area contributed by atoms with Gasteiger partial charge in [0.15, 0.2) is 0 Å². The van der Waals surface area contributed by atoms with E-state index >= 15 is 0 Å². The predicted octanol–water partition coefficient (Wildman–Crippen LogP) is 2.00. The molecule has 0 aliphatic carbocycles. The zero-order chi connectivity index (χ0) is 17.0. The van der Waals surface area contributed by atoms with Gasteiger partial charge in [0.25, 0.3) is 0 Å². The van der Waals surface area contributed by atoms with E-state index in [-0.39, 0.29) is 17.6 Å². The average molecular weight is 369 g/mol. The Hall–Kier alpha value is -1.55. The first kappa shape index (κ1) is 17.3. The van der Waals surface area contributed by atoms with Crippen molar-refractivity contribution in [3.05, 3.63) is 30.3 Å². The number of aromatic nitrogens is 2. The molecule has 2 atom stereocenters. The summed E-state index contributed by atoms with van der Waals surface area (Å²) in [4.78, 5) is 4.25. The Kier molecular flexibility index (Phi) is 5.44. The fourth-order valence-corrected chi connectivity index (χ4v) is 4.58. The topological polar surface area (TPSA) is 90.4 Å². The van der Waals surface area contributed by atoms with Crippen molar-refractivity contribution in [3.8, 4) is 10.6 Å². The lowest BCUT2D eigenvalue weighted by Gasteiger charge is -2.20. The van der Waals surface area contributed by atoms with Crippen molar-refractivity contribution < 1.29 is 17.9 Å². The van der Waals surface area contributed by atoms with Crippen LogP contribution in [0.1, 0.15) is 6.42 Å². The Balaban J connectivity index is 1.67. The van der Waals surface area contributed by atoms with Crippen LogP contribution < -0.4 is 4.72 Å². The molecule has 2 aromatic rings. The number of benzene rings is 1. The maximum absolute atomic E-state index is 12.4. The molecule has 2 unspecified atom stereocenters. The van der Waals surface area contributed by atoms with Gasteiger partial charge in [0.05, 0.1) is 18.5 Å². The molecule has 9 heteroatoms. The smallest absolute Gasteiger partial charge is 0.248 e. The molecule has 130 valence electrons. The van der Waals surface area contributed by atoms with Crippen molar-refractivity contribution in [2.45, 2.75) is 12.5 Å². The van der Waals surface area contributed by atoms with E-state index in [9.17, 15) is 8.42 Å². The van der Waals surface area contributed by atoms with E-state index in [4.69, 9.17) is 9.47 Å². The van der Waals surface area contributed by atoms with Crippen molar-refractivity contribution in [3.63, 3.8) is 0 Å². The molecule has 1 fully saturated rings. The van der Waals surface area contributed by atoms with Crippen molar-refractivity contribution >= 4 is 27.5 Å². The normalized spacial score (nSPS) is 19.3. The molecule has 2 heterocycles. The molecule has 0 spiro atoms. The van der Waals surface area contributed by atoms with Crippen LogP contribution in [0, 0.1) is 5.92 Å². The second-order valence-electron chi connectivity index (χ2n) is 5.57. The Morgan fingerprint density at radius 2 is 2.21 bits per heavy atom. The molecular weight excluding hydrogens is 350 g/mol. The number of nitrogens with zero attached hydrogens (tertiary/aromatic N) is 2. The third kappa shape index (κ3) is 4.29. The molecule has 1 aliphatic rings. The van der Waals surface area contributed by atoms with Gasteiger partial charge in [-0.3, -0.25) is 4.72 Å². The van der Waals surface area contributed by atoms with Crippen LogP contribution in [0.3, 0.4) is 0 Å². The molecule has 1 aromatic carbocycles. The van der Waals surface area contributed by atoms with Crippen LogP contribution in [-0.2, 0) is 19.5 Å². The minimum absolute atomic E-state index is 0.0925. The van der Waals surface area contributed by atoms with Crippen LogP contribution in [0.5, 0.6) is 0 Å². The fraction of sp³-hybridized carbons (Fsp3) is 0.467. The number of hydrogen-bond acceptors (Lipinski definition) is 7. The van der Waals surface area contributed by atoms with Crippen molar-refractivity contribution in [1.82, 2.24) is 9.36 Å². The third-order valence-corrected chi connectivity index (χ3v) is 5.90. The van der Waals surface area contributed by atoms with Crippen molar-refractivity contribution in [1.29, 1.82) is 0 Å². The fourth-order valence-electron chi connectivity index (χ4n) is 2.60. The summed E-state index contributed by atoms with van der Waals surface area (Å²) in [5.41, 5.74) is 0.901. The quantitative estimate of drug-likeness (QED) is 0.803. The number of rotatable bonds is 7. The summed E-state index contributed by atoms with van der Waals surface area (Å²) in [6.45, 7) is 1.17. The minimum atomic E-state index is -3.60. The van der Waals surface area contributed by atoms with Crippen molar-refractivity contribution in [2.75, 3.05) is 30.8 Å². The lowest BCUT2D eigenvalue weighted by Crippen LogP contribution is -2.34. The molecule has 0 saturated carbocycles. The second kappa shape index (κ2) is 7.56. The largest absolute Gasteiger partial charge is 0.381 e. The van der Waals surface area contributed by atoms with Gasteiger partial charge in [-0.05, 0) is 18.0 Å². The first-order chi connectivity index (χ1) is 11.6. The molecule has 1 N–H and O–H groups in total. The summed E-state index contributed by atoms with van der Waals surface area (Å²) in [7, 11) is -2.08. The van der Waals surface area contributed by atoms with Crippen LogP contribution in [-0.4, -0.2) is 50.0 Å². The Morgan fingerprint density at radius 3 is 2.88 bits per heavy atom. The summed E-state index contributed by atoms with van der Waals surface area (Å²) >= 11 is 1.15. The van der Waals surface area contributed by atoms with E-state index in [1.807, 2.05) is 30.3 Å². The van der Waals surface area contributed by atoms with E-state index < -0.39 is 16.1 Å². The van der Waals surface area contributed by atoms with Crippen LogP contribution >= 0.6 is 11.5 Å². The zero-order valence-corrected chi connectivity index (χ0v) is 14.8. The summed E-state index contributed by atoms with van der Waals surface area (Å²) in [6.07, 6.45) is 0.401. The molecule has 3 rings (SSSR count). The maximum atomic E-state index is 12.4. The van der Waals surface area contributed by atoms with E-state index in [0.717, 1.165) is 23.5 Å². The SMILES string of the molecule is COC(CS(=O)(=O)Nc1nsc(-c2ccccc2)n1)C1CCOC1. The van der Waals surface area contributed by atoms with E-state index in [1.165, 1.54) is 7.11 Å². The van der Waals surface area contributed by atoms with Gasteiger partial charge in [-0.25, -0.2) is 8.42 Å². The van der Waals surface area contributed by atoms with Gasteiger partial charge in [0, 0.05) is 25.2 Å². The third-order valence-electron chi connectivity index (χ3n) is 3.87. The van der Waals surface area contributed by atoms with Gasteiger partial charge in [0.2, 0.25) is 16.0 Å². The molecule has 1 aliphatic heterocycles. The molecule has 7 nitrogen and oxygen atoms in total. The molecule has 0 radical (unpaired) electrons. The maximum Gasteiger partial charge on any atom is 0.248 e. The number of sulfonamides is 1. The number of nitrogens with one attached hydrogen (secondary N) is 1. The van der Waals surface area contributed by atoms with Crippen LogP contribution in [0.2, 0.25) is 0 Å². The zero-order valence-electron chi connectivity index (χ0n) is 13.2. The van der Waals surface area contributed by atoms with E-state index in [0.29, 0.717) is 18.2 Å². The van der Waals surface area contributed by atoms with Crippen LogP contribution in [0.4, 0.5) is 5.95 Å². The van der Waals surface area contributed by atoms with Crippen LogP contribution in [0.15, 0.2) is 30.3 Å². The van der Waals surface area contributed by atoms with Gasteiger partial charge >= 0.3 is 0 Å². The highest BCUT2D eigenvalue weighted by Gasteiger charge is 2.30. The molecule has 0 bridgehead atoms. The molecule has 24 heavy (non-hydrogen) atoms. The summed E-state index contributed by atoms with van der Waals surface area (Å²) in [5.74, 6) is 0.0449. The number of ether oxygens (including phenoxy) is 2. The first-order valence-corrected chi connectivity index (χ1v) is 10.00. The average Bonchev–Trinajstić information content (AvgIpc) is 3.25. The number of anilines is 1. The Labute approximate surface area is 145 Å². The number of methoxy groups -OCH3 is 1. The highest BCUT2D eigenvalue weighted by molar-refractivity contribution is 7.92. The van der Waals surface area contributed by atoms with E-state index in [1.54, 1.807) is 0 Å². The molecule has 1 saturated heterocycles. The first-order valence-electron chi connectivity index (χ1n) is 7.57. The van der Waals surface area contributed by atoms with Crippen LogP contribution in [0.25, 0.3) is 10.6 Å². The van der Waals surface area contributed by atoms with Gasteiger partial charge in [-0.1, -0.05) is 30.3 Å². The minimum Gasteiger partial charge on any atom is -0.381 e. The summed E-state index contributed by atoms with van der Waals surface area (Å²) in [5, 5.41) is 0.667. The molecule has 0 amide bonds. The highest BCUT2D eigenvalue weighted by atomic mass is 32.2. The Morgan fingerprint density at radius 1 is 1.42 bits per heavy atom. The Bertz CT molecular complexity index is 758. The van der Waals surface area contributed by atoms with E-state index in [2.05, 4.69) is 14.1 Å². The summed E-state index contributed by atoms with van der Waals surface area (Å²) < 4.78 is 41.9.